The Balaban J connectivity index is 1.71. The van der Waals surface area contributed by atoms with E-state index in [-0.39, 0.29) is 29.2 Å². The molecule has 1 aromatic carbocycles. The van der Waals surface area contributed by atoms with Crippen LogP contribution in [0.5, 0.6) is 0 Å². The molecule has 3 fully saturated rings. The van der Waals surface area contributed by atoms with Gasteiger partial charge in [0.2, 0.25) is 6.29 Å². The molecule has 0 radical (unpaired) electrons. The second kappa shape index (κ2) is 4.58. The van der Waals surface area contributed by atoms with E-state index in [1.165, 1.54) is 37.3 Å². The summed E-state index contributed by atoms with van der Waals surface area (Å²) in [6, 6.07) is 8.56. The van der Waals surface area contributed by atoms with Gasteiger partial charge in [0.25, 0.3) is 0 Å². The molecule has 5 rings (SSSR count). The third-order valence-corrected chi connectivity index (χ3v) is 6.51. The summed E-state index contributed by atoms with van der Waals surface area (Å²) in [5.41, 5.74) is 2.55. The molecule has 0 unspecified atom stereocenters. The summed E-state index contributed by atoms with van der Waals surface area (Å²) in [4.78, 5) is 11.6. The minimum Gasteiger partial charge on any atom is -0.435 e. The number of rotatable bonds is 1. The molecule has 0 amide bonds. The Bertz CT molecular complexity index is 669. The summed E-state index contributed by atoms with van der Waals surface area (Å²) >= 11 is 0. The van der Waals surface area contributed by atoms with Crippen LogP contribution >= 0.6 is 0 Å². The molecule has 0 aromatic heterocycles. The number of hydrogen-bond acceptors (Lipinski definition) is 4. The number of ether oxygens (including phenoxy) is 3. The van der Waals surface area contributed by atoms with E-state index in [1.807, 2.05) is 0 Å². The average Bonchev–Trinajstić information content (AvgIpc) is 2.81. The maximum Gasteiger partial charge on any atom is 0.304 e. The quantitative estimate of drug-likeness (QED) is 0.746. The molecule has 2 aliphatic heterocycles. The van der Waals surface area contributed by atoms with Gasteiger partial charge in [-0.2, -0.15) is 0 Å². The molecule has 4 aliphatic rings. The van der Waals surface area contributed by atoms with Gasteiger partial charge < -0.3 is 14.2 Å². The summed E-state index contributed by atoms with van der Waals surface area (Å²) in [5.74, 6) is -0.285. The summed E-state index contributed by atoms with van der Waals surface area (Å²) in [6.07, 6.45) is 5.90. The molecule has 23 heavy (non-hydrogen) atoms. The van der Waals surface area contributed by atoms with Crippen molar-refractivity contribution in [1.29, 1.82) is 0 Å². The molecule has 122 valence electrons. The van der Waals surface area contributed by atoms with Gasteiger partial charge in [-0.3, -0.25) is 4.79 Å². The van der Waals surface area contributed by atoms with E-state index >= 15 is 0 Å². The first-order valence-corrected chi connectivity index (χ1v) is 8.72. The second-order valence-corrected chi connectivity index (χ2v) is 7.60. The lowest BCUT2D eigenvalue weighted by atomic mass is 9.51. The Labute approximate surface area is 136 Å². The fourth-order valence-corrected chi connectivity index (χ4v) is 5.79. The highest BCUT2D eigenvalue weighted by molar-refractivity contribution is 5.66. The Hall–Kier alpha value is -1.39. The van der Waals surface area contributed by atoms with Crippen molar-refractivity contribution in [3.63, 3.8) is 0 Å². The molecule has 0 N–H and O–H groups in total. The maximum atomic E-state index is 11.6. The van der Waals surface area contributed by atoms with Crippen LogP contribution in [0.3, 0.4) is 0 Å². The van der Waals surface area contributed by atoms with Gasteiger partial charge in [0, 0.05) is 18.8 Å². The molecule has 2 heterocycles. The molecule has 2 bridgehead atoms. The molecule has 4 nitrogen and oxygen atoms in total. The minimum atomic E-state index is -0.521. The highest BCUT2D eigenvalue weighted by Gasteiger charge is 2.71. The van der Waals surface area contributed by atoms with Crippen LogP contribution in [0.15, 0.2) is 24.3 Å². The monoisotopic (exact) mass is 314 g/mol. The van der Waals surface area contributed by atoms with Crippen LogP contribution in [0, 0.1) is 5.41 Å². The number of benzene rings is 1. The fourth-order valence-electron chi connectivity index (χ4n) is 5.79. The van der Waals surface area contributed by atoms with Crippen LogP contribution in [-0.2, 0) is 25.4 Å². The lowest BCUT2D eigenvalue weighted by Gasteiger charge is -2.57. The predicted octanol–water partition coefficient (Wildman–Crippen LogP) is 3.29. The van der Waals surface area contributed by atoms with Gasteiger partial charge in [-0.05, 0) is 30.4 Å². The first-order chi connectivity index (χ1) is 11.1. The first kappa shape index (κ1) is 14.0. The van der Waals surface area contributed by atoms with Crippen molar-refractivity contribution in [1.82, 2.24) is 0 Å². The third kappa shape index (κ3) is 1.71. The minimum absolute atomic E-state index is 0.00426. The summed E-state index contributed by atoms with van der Waals surface area (Å²) in [7, 11) is 0. The Morgan fingerprint density at radius 2 is 2.09 bits per heavy atom. The fraction of sp³-hybridized carbons (Fsp3) is 0.632. The van der Waals surface area contributed by atoms with Gasteiger partial charge in [-0.15, -0.1) is 0 Å². The molecule has 1 aromatic rings. The number of carbonyl (C=O) groups is 1. The molecule has 1 saturated carbocycles. The SMILES string of the molecule is CC(=O)O[C@@H]1O[C@H]2C[C@]34CCCC[C@@]3(O2)[C@H]1c1ccccc1C4. The van der Waals surface area contributed by atoms with Crippen molar-refractivity contribution in [2.75, 3.05) is 0 Å². The lowest BCUT2D eigenvalue weighted by molar-refractivity contribution is -0.323. The van der Waals surface area contributed by atoms with Crippen LogP contribution in [0.25, 0.3) is 0 Å². The van der Waals surface area contributed by atoms with Gasteiger partial charge in [0.15, 0.2) is 6.29 Å². The molecule has 2 saturated heterocycles. The lowest BCUT2D eigenvalue weighted by Crippen LogP contribution is -2.60. The Kier molecular flexibility index (Phi) is 2.79. The van der Waals surface area contributed by atoms with Crippen LogP contribution in [-0.4, -0.2) is 24.2 Å². The number of carbonyl (C=O) groups excluding carboxylic acids is 1. The van der Waals surface area contributed by atoms with Crippen molar-refractivity contribution in [3.8, 4) is 0 Å². The maximum absolute atomic E-state index is 11.6. The molecule has 1 spiro atoms. The van der Waals surface area contributed by atoms with Crippen molar-refractivity contribution in [2.45, 2.75) is 69.5 Å². The van der Waals surface area contributed by atoms with E-state index < -0.39 is 6.29 Å². The van der Waals surface area contributed by atoms with E-state index in [9.17, 15) is 4.79 Å². The van der Waals surface area contributed by atoms with Gasteiger partial charge in [0.1, 0.15) is 0 Å². The molecule has 2 aliphatic carbocycles. The molecular formula is C19H22O4. The number of hydrogen-bond donors (Lipinski definition) is 0. The highest BCUT2D eigenvalue weighted by atomic mass is 16.8. The van der Waals surface area contributed by atoms with Crippen molar-refractivity contribution in [3.05, 3.63) is 35.4 Å². The Morgan fingerprint density at radius 3 is 2.96 bits per heavy atom. The number of esters is 1. The Morgan fingerprint density at radius 1 is 1.26 bits per heavy atom. The van der Waals surface area contributed by atoms with Crippen LogP contribution in [0.2, 0.25) is 0 Å². The number of fused-ring (bicyclic) bond motifs is 3. The van der Waals surface area contributed by atoms with Crippen molar-refractivity contribution in [2.24, 2.45) is 5.41 Å². The van der Waals surface area contributed by atoms with Crippen molar-refractivity contribution >= 4 is 5.97 Å². The van der Waals surface area contributed by atoms with Crippen LogP contribution in [0.1, 0.15) is 56.1 Å². The van der Waals surface area contributed by atoms with Crippen LogP contribution < -0.4 is 0 Å². The van der Waals surface area contributed by atoms with Crippen molar-refractivity contribution < 1.29 is 19.0 Å². The predicted molar refractivity (Wildman–Crippen MR) is 82.6 cm³/mol. The summed E-state index contributed by atoms with van der Waals surface area (Å²) in [6.45, 7) is 1.46. The third-order valence-electron chi connectivity index (χ3n) is 6.51. The summed E-state index contributed by atoms with van der Waals surface area (Å²) in [5, 5.41) is 0. The van der Waals surface area contributed by atoms with E-state index in [0.717, 1.165) is 19.3 Å². The highest BCUT2D eigenvalue weighted by Crippen LogP contribution is 2.68. The topological polar surface area (TPSA) is 44.8 Å². The second-order valence-electron chi connectivity index (χ2n) is 7.60. The largest absolute Gasteiger partial charge is 0.435 e. The van der Waals surface area contributed by atoms with Gasteiger partial charge in [-0.1, -0.05) is 37.1 Å². The van der Waals surface area contributed by atoms with E-state index in [2.05, 4.69) is 24.3 Å². The zero-order chi connectivity index (χ0) is 15.7. The molecule has 5 atom stereocenters. The normalized spacial score (nSPS) is 43.4. The van der Waals surface area contributed by atoms with Gasteiger partial charge in [0.05, 0.1) is 11.5 Å². The zero-order valence-electron chi connectivity index (χ0n) is 13.4. The smallest absolute Gasteiger partial charge is 0.304 e. The first-order valence-electron chi connectivity index (χ1n) is 8.72. The van der Waals surface area contributed by atoms with Crippen LogP contribution in [0.4, 0.5) is 0 Å². The summed E-state index contributed by atoms with van der Waals surface area (Å²) < 4.78 is 18.2. The molecule has 4 heteroatoms. The average molecular weight is 314 g/mol. The zero-order valence-corrected chi connectivity index (χ0v) is 13.4. The van der Waals surface area contributed by atoms with Gasteiger partial charge in [-0.25, -0.2) is 0 Å². The van der Waals surface area contributed by atoms with E-state index in [0.29, 0.717) is 0 Å². The van der Waals surface area contributed by atoms with E-state index in [4.69, 9.17) is 14.2 Å². The van der Waals surface area contributed by atoms with E-state index in [1.54, 1.807) is 0 Å². The van der Waals surface area contributed by atoms with Gasteiger partial charge >= 0.3 is 5.97 Å². The standard InChI is InChI=1S/C19H22O4/c1-12(20)21-17-16-14-7-3-2-6-13(14)10-18-8-4-5-9-19(16,18)23-15(11-18)22-17/h2-3,6-7,15-17H,4-5,8-11H2,1H3/t15-,16+,17-,18-,19-/m1/s1. The molecular weight excluding hydrogens is 292 g/mol.